The van der Waals surface area contributed by atoms with E-state index < -0.39 is 0 Å². The number of unbranched alkanes of at least 4 members (excludes halogenated alkanes) is 1. The number of hydrogen-bond donors (Lipinski definition) is 0. The Kier molecular flexibility index (Phi) is 6.75. The van der Waals surface area contributed by atoms with Gasteiger partial charge in [-0.1, -0.05) is 37.6 Å². The molecule has 0 spiro atoms. The van der Waals surface area contributed by atoms with Gasteiger partial charge in [0.2, 0.25) is 0 Å². The lowest BCUT2D eigenvalue weighted by molar-refractivity contribution is 0.415. The molecule has 0 aliphatic carbocycles. The van der Waals surface area contributed by atoms with Crippen molar-refractivity contribution in [1.82, 2.24) is 4.57 Å². The number of aromatic nitrogens is 1. The van der Waals surface area contributed by atoms with Crippen molar-refractivity contribution in [2.75, 3.05) is 7.11 Å². The molecule has 2 heteroatoms. The Balaban J connectivity index is 1.62. The lowest BCUT2D eigenvalue weighted by Gasteiger charge is -2.13. The van der Waals surface area contributed by atoms with E-state index in [1.807, 2.05) is 12.1 Å². The zero-order chi connectivity index (χ0) is 19.1. The van der Waals surface area contributed by atoms with E-state index in [2.05, 4.69) is 66.9 Å². The van der Waals surface area contributed by atoms with Crippen LogP contribution in [0.4, 0.5) is 0 Å². The molecule has 1 heterocycles. The SMILES string of the molecule is CCCCc1ccc(CCCn2c(C)ccc2-c2ccc(OC)cc2)cc1. The van der Waals surface area contributed by atoms with E-state index in [0.29, 0.717) is 0 Å². The van der Waals surface area contributed by atoms with Crippen LogP contribution in [-0.4, -0.2) is 11.7 Å². The van der Waals surface area contributed by atoms with Gasteiger partial charge in [0.05, 0.1) is 7.11 Å². The van der Waals surface area contributed by atoms with Gasteiger partial charge in [0.15, 0.2) is 0 Å². The van der Waals surface area contributed by atoms with E-state index in [1.165, 1.54) is 47.3 Å². The Morgan fingerprint density at radius 1 is 0.778 bits per heavy atom. The van der Waals surface area contributed by atoms with E-state index in [4.69, 9.17) is 4.74 Å². The molecule has 0 aliphatic heterocycles. The zero-order valence-electron chi connectivity index (χ0n) is 16.9. The zero-order valence-corrected chi connectivity index (χ0v) is 16.9. The fourth-order valence-electron chi connectivity index (χ4n) is 3.57. The molecule has 0 saturated carbocycles. The van der Waals surface area contributed by atoms with Crippen LogP contribution >= 0.6 is 0 Å². The smallest absolute Gasteiger partial charge is 0.118 e. The van der Waals surface area contributed by atoms with Crippen molar-refractivity contribution >= 4 is 0 Å². The maximum Gasteiger partial charge on any atom is 0.118 e. The average Bonchev–Trinajstić information content (AvgIpc) is 3.08. The molecule has 3 rings (SSSR count). The van der Waals surface area contributed by atoms with E-state index >= 15 is 0 Å². The molecule has 2 aromatic carbocycles. The number of benzene rings is 2. The number of rotatable bonds is 9. The number of ether oxygens (including phenoxy) is 1. The largest absolute Gasteiger partial charge is 0.497 e. The summed E-state index contributed by atoms with van der Waals surface area (Å²) >= 11 is 0. The first-order valence-electron chi connectivity index (χ1n) is 10.1. The Hall–Kier alpha value is -2.48. The fourth-order valence-corrected chi connectivity index (χ4v) is 3.57. The monoisotopic (exact) mass is 361 g/mol. The second kappa shape index (κ2) is 9.45. The predicted octanol–water partition coefficient (Wildman–Crippen LogP) is 6.45. The highest BCUT2D eigenvalue weighted by Crippen LogP contribution is 2.25. The van der Waals surface area contributed by atoms with Crippen LogP contribution in [0.2, 0.25) is 0 Å². The first kappa shape index (κ1) is 19.3. The van der Waals surface area contributed by atoms with Crippen LogP contribution in [0.25, 0.3) is 11.3 Å². The minimum Gasteiger partial charge on any atom is -0.497 e. The quantitative estimate of drug-likeness (QED) is 0.427. The molecule has 0 atom stereocenters. The Morgan fingerprint density at radius 2 is 1.41 bits per heavy atom. The summed E-state index contributed by atoms with van der Waals surface area (Å²) in [6.07, 6.45) is 6.00. The highest BCUT2D eigenvalue weighted by atomic mass is 16.5. The molecular weight excluding hydrogens is 330 g/mol. The molecule has 0 fully saturated rings. The molecule has 0 N–H and O–H groups in total. The van der Waals surface area contributed by atoms with Crippen molar-refractivity contribution in [2.24, 2.45) is 0 Å². The van der Waals surface area contributed by atoms with Crippen molar-refractivity contribution in [1.29, 1.82) is 0 Å². The van der Waals surface area contributed by atoms with Crippen LogP contribution in [0.3, 0.4) is 0 Å². The lowest BCUT2D eigenvalue weighted by atomic mass is 10.0. The van der Waals surface area contributed by atoms with Gasteiger partial charge in [-0.15, -0.1) is 0 Å². The van der Waals surface area contributed by atoms with Crippen molar-refractivity contribution in [2.45, 2.75) is 52.5 Å². The molecule has 0 bridgehead atoms. The highest BCUT2D eigenvalue weighted by molar-refractivity contribution is 5.61. The summed E-state index contributed by atoms with van der Waals surface area (Å²) in [4.78, 5) is 0. The molecule has 0 amide bonds. The second-order valence-corrected chi connectivity index (χ2v) is 7.26. The molecule has 2 nitrogen and oxygen atoms in total. The number of nitrogens with zero attached hydrogens (tertiary/aromatic N) is 1. The molecule has 0 unspecified atom stereocenters. The first-order valence-corrected chi connectivity index (χ1v) is 10.1. The third-order valence-electron chi connectivity index (χ3n) is 5.27. The fraction of sp³-hybridized carbons (Fsp3) is 0.360. The average molecular weight is 362 g/mol. The van der Waals surface area contributed by atoms with Gasteiger partial charge in [-0.2, -0.15) is 0 Å². The van der Waals surface area contributed by atoms with Gasteiger partial charge < -0.3 is 9.30 Å². The molecular formula is C25H31NO. The van der Waals surface area contributed by atoms with Gasteiger partial charge in [-0.25, -0.2) is 0 Å². The molecule has 27 heavy (non-hydrogen) atoms. The first-order chi connectivity index (χ1) is 13.2. The van der Waals surface area contributed by atoms with E-state index in [1.54, 1.807) is 7.11 Å². The van der Waals surface area contributed by atoms with Gasteiger partial charge in [-0.05, 0) is 85.7 Å². The Labute approximate surface area is 163 Å². The van der Waals surface area contributed by atoms with Gasteiger partial charge in [0.1, 0.15) is 5.75 Å². The van der Waals surface area contributed by atoms with Crippen LogP contribution in [0, 0.1) is 6.92 Å². The summed E-state index contributed by atoms with van der Waals surface area (Å²) in [5.74, 6) is 0.899. The minimum absolute atomic E-state index is 0.899. The number of hydrogen-bond acceptors (Lipinski definition) is 1. The summed E-state index contributed by atoms with van der Waals surface area (Å²) in [5.41, 5.74) is 6.74. The second-order valence-electron chi connectivity index (χ2n) is 7.26. The molecule has 0 aliphatic rings. The maximum atomic E-state index is 5.28. The summed E-state index contributed by atoms with van der Waals surface area (Å²) in [7, 11) is 1.71. The van der Waals surface area contributed by atoms with Crippen molar-refractivity contribution < 1.29 is 4.74 Å². The van der Waals surface area contributed by atoms with Crippen LogP contribution in [-0.2, 0) is 19.4 Å². The van der Waals surface area contributed by atoms with Crippen molar-refractivity contribution in [3.8, 4) is 17.0 Å². The number of methoxy groups -OCH3 is 1. The van der Waals surface area contributed by atoms with Crippen LogP contribution in [0.15, 0.2) is 60.7 Å². The summed E-state index contributed by atoms with van der Waals surface area (Å²) in [6, 6.07) is 22.0. The minimum atomic E-state index is 0.899. The predicted molar refractivity (Wildman–Crippen MR) is 115 cm³/mol. The molecule has 1 aromatic heterocycles. The third-order valence-corrected chi connectivity index (χ3v) is 5.27. The van der Waals surface area contributed by atoms with Gasteiger partial charge in [0.25, 0.3) is 0 Å². The Morgan fingerprint density at radius 3 is 2.00 bits per heavy atom. The number of aryl methyl sites for hydroxylation is 3. The molecule has 142 valence electrons. The van der Waals surface area contributed by atoms with Crippen LogP contribution < -0.4 is 4.74 Å². The maximum absolute atomic E-state index is 5.28. The van der Waals surface area contributed by atoms with Crippen molar-refractivity contribution in [3.05, 3.63) is 77.5 Å². The topological polar surface area (TPSA) is 14.2 Å². The van der Waals surface area contributed by atoms with Gasteiger partial charge in [0, 0.05) is 17.9 Å². The van der Waals surface area contributed by atoms with Crippen LogP contribution in [0.5, 0.6) is 5.75 Å². The normalized spacial score (nSPS) is 10.9. The summed E-state index contributed by atoms with van der Waals surface area (Å²) in [6.45, 7) is 5.48. The van der Waals surface area contributed by atoms with E-state index in [-0.39, 0.29) is 0 Å². The third kappa shape index (κ3) is 5.03. The highest BCUT2D eigenvalue weighted by Gasteiger charge is 2.08. The lowest BCUT2D eigenvalue weighted by Crippen LogP contribution is -2.03. The molecule has 3 aromatic rings. The van der Waals surface area contributed by atoms with Gasteiger partial charge >= 0.3 is 0 Å². The molecule has 0 radical (unpaired) electrons. The van der Waals surface area contributed by atoms with E-state index in [9.17, 15) is 0 Å². The van der Waals surface area contributed by atoms with Crippen LogP contribution in [0.1, 0.15) is 43.0 Å². The van der Waals surface area contributed by atoms with Crippen molar-refractivity contribution in [3.63, 3.8) is 0 Å². The van der Waals surface area contributed by atoms with Gasteiger partial charge in [-0.3, -0.25) is 0 Å². The summed E-state index contributed by atoms with van der Waals surface area (Å²) < 4.78 is 7.71. The molecule has 0 saturated heterocycles. The summed E-state index contributed by atoms with van der Waals surface area (Å²) in [5, 5.41) is 0. The standard InChI is InChI=1S/C25H31NO/c1-4-5-7-21-10-12-22(13-11-21)8-6-19-26-20(2)9-18-25(26)23-14-16-24(27-3)17-15-23/h9-18H,4-8,19H2,1-3H3. The van der Waals surface area contributed by atoms with E-state index in [0.717, 1.165) is 25.1 Å². The Bertz CT molecular complexity index is 828.